The quantitative estimate of drug-likeness (QED) is 0.685. The average molecular weight is 380 g/mol. The molecule has 2 atom stereocenters. The van der Waals surface area contributed by atoms with Crippen molar-refractivity contribution in [2.45, 2.75) is 25.9 Å². The SMILES string of the molecule is Cc1cc(N2C(=S)NC(c3ccccn3)C2c2ccc(C)n2C)ccc1F. The second kappa shape index (κ2) is 6.78. The Kier molecular flexibility index (Phi) is 4.44. The fraction of sp³-hybridized carbons (Fsp3) is 0.238. The maximum absolute atomic E-state index is 13.8. The molecule has 4 rings (SSSR count). The van der Waals surface area contributed by atoms with Crippen LogP contribution in [0.15, 0.2) is 54.7 Å². The van der Waals surface area contributed by atoms with Gasteiger partial charge in [0.15, 0.2) is 5.11 Å². The van der Waals surface area contributed by atoms with Gasteiger partial charge in [-0.3, -0.25) is 4.98 Å². The highest BCUT2D eigenvalue weighted by molar-refractivity contribution is 7.80. The van der Waals surface area contributed by atoms with E-state index in [2.05, 4.69) is 45.9 Å². The lowest BCUT2D eigenvalue weighted by molar-refractivity contribution is 0.538. The zero-order valence-corrected chi connectivity index (χ0v) is 16.3. The van der Waals surface area contributed by atoms with E-state index in [9.17, 15) is 4.39 Å². The normalized spacial score (nSPS) is 19.4. The topological polar surface area (TPSA) is 33.1 Å². The molecule has 1 aliphatic rings. The molecule has 27 heavy (non-hydrogen) atoms. The summed E-state index contributed by atoms with van der Waals surface area (Å²) < 4.78 is 16.0. The minimum Gasteiger partial charge on any atom is -0.351 e. The smallest absolute Gasteiger partial charge is 0.174 e. The van der Waals surface area contributed by atoms with Crippen molar-refractivity contribution >= 4 is 23.0 Å². The highest BCUT2D eigenvalue weighted by atomic mass is 32.1. The molecule has 0 amide bonds. The number of aryl methyl sites for hydroxylation is 2. The fourth-order valence-corrected chi connectivity index (χ4v) is 3.99. The Balaban J connectivity index is 1.87. The zero-order chi connectivity index (χ0) is 19.1. The maximum atomic E-state index is 13.8. The third-order valence-corrected chi connectivity index (χ3v) is 5.55. The number of halogens is 1. The maximum Gasteiger partial charge on any atom is 0.174 e. The van der Waals surface area contributed by atoms with Gasteiger partial charge in [-0.2, -0.15) is 0 Å². The van der Waals surface area contributed by atoms with Gasteiger partial charge in [0.05, 0.1) is 11.7 Å². The number of aromatic nitrogens is 2. The Labute approximate surface area is 163 Å². The Morgan fingerprint density at radius 3 is 2.56 bits per heavy atom. The lowest BCUT2D eigenvalue weighted by Gasteiger charge is -2.28. The molecule has 1 fully saturated rings. The van der Waals surface area contributed by atoms with Crippen LogP contribution in [0.1, 0.15) is 34.7 Å². The molecule has 0 radical (unpaired) electrons. The van der Waals surface area contributed by atoms with E-state index in [0.29, 0.717) is 10.7 Å². The van der Waals surface area contributed by atoms with E-state index in [-0.39, 0.29) is 17.9 Å². The number of thiocarbonyl (C=S) groups is 1. The molecule has 1 aromatic carbocycles. The Hall–Kier alpha value is -2.73. The van der Waals surface area contributed by atoms with Gasteiger partial charge in [-0.05, 0) is 74.1 Å². The summed E-state index contributed by atoms with van der Waals surface area (Å²) in [6, 6.07) is 15.0. The van der Waals surface area contributed by atoms with Crippen LogP contribution < -0.4 is 10.2 Å². The lowest BCUT2D eigenvalue weighted by atomic mass is 10.0. The summed E-state index contributed by atoms with van der Waals surface area (Å²) in [6.07, 6.45) is 1.79. The second-order valence-electron chi connectivity index (χ2n) is 6.89. The minimum absolute atomic E-state index is 0.0871. The van der Waals surface area contributed by atoms with E-state index in [4.69, 9.17) is 12.2 Å². The van der Waals surface area contributed by atoms with E-state index < -0.39 is 0 Å². The van der Waals surface area contributed by atoms with Gasteiger partial charge in [-0.1, -0.05) is 6.07 Å². The van der Waals surface area contributed by atoms with Crippen molar-refractivity contribution in [1.29, 1.82) is 0 Å². The van der Waals surface area contributed by atoms with Crippen molar-refractivity contribution in [3.63, 3.8) is 0 Å². The van der Waals surface area contributed by atoms with Crippen molar-refractivity contribution < 1.29 is 4.39 Å². The van der Waals surface area contributed by atoms with Crippen LogP contribution in [0.5, 0.6) is 0 Å². The molecular formula is C21H21FN4S. The zero-order valence-electron chi connectivity index (χ0n) is 15.5. The van der Waals surface area contributed by atoms with Gasteiger partial charge >= 0.3 is 0 Å². The highest BCUT2D eigenvalue weighted by Crippen LogP contribution is 2.42. The number of nitrogens with one attached hydrogen (secondary N) is 1. The molecule has 0 bridgehead atoms. The first-order chi connectivity index (χ1) is 13.0. The summed E-state index contributed by atoms with van der Waals surface area (Å²) >= 11 is 5.69. The Morgan fingerprint density at radius 1 is 1.11 bits per heavy atom. The summed E-state index contributed by atoms with van der Waals surface area (Å²) in [7, 11) is 2.05. The number of hydrogen-bond acceptors (Lipinski definition) is 2. The van der Waals surface area contributed by atoms with E-state index in [1.54, 1.807) is 19.2 Å². The van der Waals surface area contributed by atoms with Crippen LogP contribution in [0.2, 0.25) is 0 Å². The Bertz CT molecular complexity index is 999. The first-order valence-corrected chi connectivity index (χ1v) is 9.27. The lowest BCUT2D eigenvalue weighted by Crippen LogP contribution is -2.30. The van der Waals surface area contributed by atoms with Crippen LogP contribution in [-0.2, 0) is 7.05 Å². The summed E-state index contributed by atoms with van der Waals surface area (Å²) in [6.45, 7) is 3.84. The number of benzene rings is 1. The van der Waals surface area contributed by atoms with E-state index in [1.807, 2.05) is 24.3 Å². The second-order valence-corrected chi connectivity index (χ2v) is 7.28. The number of hydrogen-bond donors (Lipinski definition) is 1. The van der Waals surface area contributed by atoms with E-state index in [0.717, 1.165) is 22.8 Å². The molecule has 138 valence electrons. The molecule has 0 spiro atoms. The number of pyridine rings is 1. The highest BCUT2D eigenvalue weighted by Gasteiger charge is 2.42. The van der Waals surface area contributed by atoms with Gasteiger partial charge in [-0.25, -0.2) is 4.39 Å². The molecular weight excluding hydrogens is 359 g/mol. The van der Waals surface area contributed by atoms with Gasteiger partial charge in [0, 0.05) is 30.3 Å². The summed E-state index contributed by atoms with van der Waals surface area (Å²) in [4.78, 5) is 6.61. The standard InChI is InChI=1S/C21H21FN4S/c1-13-12-15(8-9-16(13)22)26-20(18-10-7-14(2)25(18)3)19(24-21(26)27)17-6-4-5-11-23-17/h4-12,19-20H,1-3H3,(H,24,27). The van der Waals surface area contributed by atoms with Crippen molar-refractivity contribution in [3.8, 4) is 0 Å². The van der Waals surface area contributed by atoms with Gasteiger partial charge in [0.25, 0.3) is 0 Å². The van der Waals surface area contributed by atoms with E-state index >= 15 is 0 Å². The predicted molar refractivity (Wildman–Crippen MR) is 109 cm³/mol. The number of rotatable bonds is 3. The monoisotopic (exact) mass is 380 g/mol. The van der Waals surface area contributed by atoms with Gasteiger partial charge < -0.3 is 14.8 Å². The minimum atomic E-state index is -0.218. The van der Waals surface area contributed by atoms with E-state index in [1.165, 1.54) is 6.07 Å². The molecule has 4 nitrogen and oxygen atoms in total. The number of anilines is 1. The van der Waals surface area contributed by atoms with Crippen LogP contribution in [0.3, 0.4) is 0 Å². The molecule has 3 aromatic rings. The molecule has 1 N–H and O–H groups in total. The molecule has 2 unspecified atom stereocenters. The Morgan fingerprint density at radius 2 is 1.93 bits per heavy atom. The van der Waals surface area contributed by atoms with Crippen LogP contribution in [0.25, 0.3) is 0 Å². The van der Waals surface area contributed by atoms with Crippen LogP contribution >= 0.6 is 12.2 Å². The number of nitrogens with zero attached hydrogens (tertiary/aromatic N) is 3. The third-order valence-electron chi connectivity index (χ3n) is 5.23. The first-order valence-electron chi connectivity index (χ1n) is 8.86. The molecule has 1 saturated heterocycles. The van der Waals surface area contributed by atoms with Gasteiger partial charge in [0.1, 0.15) is 11.9 Å². The first kappa shape index (κ1) is 17.7. The van der Waals surface area contributed by atoms with Crippen LogP contribution in [0, 0.1) is 19.7 Å². The fourth-order valence-electron chi connectivity index (χ4n) is 3.64. The molecule has 1 aliphatic heterocycles. The van der Waals surface area contributed by atoms with Crippen molar-refractivity contribution in [2.24, 2.45) is 7.05 Å². The van der Waals surface area contributed by atoms with Gasteiger partial charge in [0.2, 0.25) is 0 Å². The van der Waals surface area contributed by atoms with Crippen LogP contribution in [0.4, 0.5) is 10.1 Å². The molecule has 3 heterocycles. The molecule has 0 aliphatic carbocycles. The average Bonchev–Trinajstić information content (AvgIpc) is 3.18. The summed E-state index contributed by atoms with van der Waals surface area (Å²) in [5.41, 5.74) is 4.67. The predicted octanol–water partition coefficient (Wildman–Crippen LogP) is 4.35. The largest absolute Gasteiger partial charge is 0.351 e. The van der Waals surface area contributed by atoms with Crippen molar-refractivity contribution in [1.82, 2.24) is 14.9 Å². The molecule has 6 heteroatoms. The molecule has 2 aromatic heterocycles. The molecule has 0 saturated carbocycles. The summed E-state index contributed by atoms with van der Waals surface area (Å²) in [5, 5.41) is 4.04. The summed E-state index contributed by atoms with van der Waals surface area (Å²) in [5.74, 6) is -0.218. The third kappa shape index (κ3) is 3.00. The van der Waals surface area contributed by atoms with Gasteiger partial charge in [-0.15, -0.1) is 0 Å². The van der Waals surface area contributed by atoms with Crippen LogP contribution in [-0.4, -0.2) is 14.7 Å². The van der Waals surface area contributed by atoms with Crippen molar-refractivity contribution in [2.75, 3.05) is 4.90 Å². The van der Waals surface area contributed by atoms with Crippen molar-refractivity contribution in [3.05, 3.63) is 83.2 Å².